The molecule has 1 aliphatic heterocycles. The summed E-state index contributed by atoms with van der Waals surface area (Å²) in [5, 5.41) is 2.97. The van der Waals surface area contributed by atoms with Crippen molar-refractivity contribution in [2.75, 3.05) is 30.4 Å². The standard InChI is InChI=1S/C12H20N4O/c1-4-10-8-17-9(2)7-16(10)11-5-6-14-12(13-3)15-11/h5-6,9-10H,4,7-8H2,1-3H3,(H,13,14,15). The Labute approximate surface area is 102 Å². The maximum Gasteiger partial charge on any atom is 0.224 e. The second-order valence-electron chi connectivity index (χ2n) is 4.35. The van der Waals surface area contributed by atoms with E-state index in [1.54, 1.807) is 6.20 Å². The van der Waals surface area contributed by atoms with E-state index in [1.807, 2.05) is 13.1 Å². The molecule has 5 nitrogen and oxygen atoms in total. The van der Waals surface area contributed by atoms with Crippen LogP contribution in [0.2, 0.25) is 0 Å². The Morgan fingerprint density at radius 1 is 1.59 bits per heavy atom. The summed E-state index contributed by atoms with van der Waals surface area (Å²) >= 11 is 0. The van der Waals surface area contributed by atoms with Gasteiger partial charge in [-0.15, -0.1) is 0 Å². The van der Waals surface area contributed by atoms with Crippen LogP contribution in [0.25, 0.3) is 0 Å². The number of nitrogens with one attached hydrogen (secondary N) is 1. The van der Waals surface area contributed by atoms with Crippen LogP contribution in [0.5, 0.6) is 0 Å². The molecule has 1 aromatic heterocycles. The summed E-state index contributed by atoms with van der Waals surface area (Å²) in [4.78, 5) is 11.0. The van der Waals surface area contributed by atoms with Gasteiger partial charge >= 0.3 is 0 Å². The molecule has 0 saturated carbocycles. The van der Waals surface area contributed by atoms with Crippen LogP contribution >= 0.6 is 0 Å². The molecular formula is C12H20N4O. The van der Waals surface area contributed by atoms with Crippen molar-refractivity contribution in [3.63, 3.8) is 0 Å². The highest BCUT2D eigenvalue weighted by Gasteiger charge is 2.26. The van der Waals surface area contributed by atoms with Gasteiger partial charge in [-0.2, -0.15) is 4.98 Å². The summed E-state index contributed by atoms with van der Waals surface area (Å²) in [5.74, 6) is 1.64. The van der Waals surface area contributed by atoms with E-state index in [0.717, 1.165) is 25.4 Å². The van der Waals surface area contributed by atoms with Crippen molar-refractivity contribution in [1.82, 2.24) is 9.97 Å². The van der Waals surface area contributed by atoms with Crippen molar-refractivity contribution >= 4 is 11.8 Å². The Morgan fingerprint density at radius 3 is 3.12 bits per heavy atom. The zero-order chi connectivity index (χ0) is 12.3. The summed E-state index contributed by atoms with van der Waals surface area (Å²) in [7, 11) is 1.83. The van der Waals surface area contributed by atoms with Gasteiger partial charge in [0, 0.05) is 19.8 Å². The summed E-state index contributed by atoms with van der Waals surface area (Å²) in [6, 6.07) is 2.37. The zero-order valence-corrected chi connectivity index (χ0v) is 10.7. The first kappa shape index (κ1) is 12.1. The lowest BCUT2D eigenvalue weighted by molar-refractivity contribution is 0.0296. The predicted molar refractivity (Wildman–Crippen MR) is 68.4 cm³/mol. The van der Waals surface area contributed by atoms with Crippen LogP contribution in [0.1, 0.15) is 20.3 Å². The average molecular weight is 236 g/mol. The van der Waals surface area contributed by atoms with E-state index in [4.69, 9.17) is 4.74 Å². The lowest BCUT2D eigenvalue weighted by Gasteiger charge is -2.39. The number of morpholine rings is 1. The number of anilines is 2. The molecular weight excluding hydrogens is 216 g/mol. The fourth-order valence-electron chi connectivity index (χ4n) is 2.09. The molecule has 0 amide bonds. The fraction of sp³-hybridized carbons (Fsp3) is 0.667. The van der Waals surface area contributed by atoms with Gasteiger partial charge < -0.3 is 15.0 Å². The lowest BCUT2D eigenvalue weighted by atomic mass is 10.1. The van der Waals surface area contributed by atoms with Gasteiger partial charge in [0.2, 0.25) is 5.95 Å². The van der Waals surface area contributed by atoms with E-state index in [9.17, 15) is 0 Å². The Morgan fingerprint density at radius 2 is 2.41 bits per heavy atom. The Kier molecular flexibility index (Phi) is 3.78. The normalized spacial score (nSPS) is 24.8. The summed E-state index contributed by atoms with van der Waals surface area (Å²) in [5.41, 5.74) is 0. The molecule has 2 rings (SSSR count). The van der Waals surface area contributed by atoms with E-state index in [1.165, 1.54) is 0 Å². The second-order valence-corrected chi connectivity index (χ2v) is 4.35. The first-order chi connectivity index (χ1) is 8.24. The molecule has 1 saturated heterocycles. The van der Waals surface area contributed by atoms with Gasteiger partial charge in [0.05, 0.1) is 18.8 Å². The Bertz CT molecular complexity index is 371. The van der Waals surface area contributed by atoms with E-state index in [-0.39, 0.29) is 6.10 Å². The van der Waals surface area contributed by atoms with Crippen molar-refractivity contribution in [1.29, 1.82) is 0 Å². The van der Waals surface area contributed by atoms with Gasteiger partial charge in [0.15, 0.2) is 0 Å². The van der Waals surface area contributed by atoms with Crippen molar-refractivity contribution in [2.24, 2.45) is 0 Å². The average Bonchev–Trinajstić information content (AvgIpc) is 2.39. The van der Waals surface area contributed by atoms with E-state index < -0.39 is 0 Å². The number of ether oxygens (including phenoxy) is 1. The number of rotatable bonds is 3. The van der Waals surface area contributed by atoms with Crippen LogP contribution in [0.4, 0.5) is 11.8 Å². The lowest BCUT2D eigenvalue weighted by Crippen LogP contribution is -2.49. The van der Waals surface area contributed by atoms with E-state index in [0.29, 0.717) is 12.0 Å². The molecule has 0 spiro atoms. The van der Waals surface area contributed by atoms with Crippen LogP contribution in [0.15, 0.2) is 12.3 Å². The third-order valence-corrected chi connectivity index (χ3v) is 3.10. The molecule has 2 unspecified atom stereocenters. The van der Waals surface area contributed by atoms with Gasteiger partial charge in [0.1, 0.15) is 5.82 Å². The van der Waals surface area contributed by atoms with Gasteiger partial charge in [0.25, 0.3) is 0 Å². The maximum absolute atomic E-state index is 5.69. The van der Waals surface area contributed by atoms with Crippen molar-refractivity contribution < 1.29 is 4.74 Å². The summed E-state index contributed by atoms with van der Waals surface area (Å²) in [6.07, 6.45) is 3.11. The summed E-state index contributed by atoms with van der Waals surface area (Å²) < 4.78 is 5.69. The minimum absolute atomic E-state index is 0.255. The van der Waals surface area contributed by atoms with Crippen LogP contribution in [-0.2, 0) is 4.74 Å². The fourth-order valence-corrected chi connectivity index (χ4v) is 2.09. The molecule has 94 valence electrons. The van der Waals surface area contributed by atoms with Crippen molar-refractivity contribution in [3.05, 3.63) is 12.3 Å². The molecule has 17 heavy (non-hydrogen) atoms. The van der Waals surface area contributed by atoms with Crippen LogP contribution in [0, 0.1) is 0 Å². The predicted octanol–water partition coefficient (Wildman–Crippen LogP) is 1.52. The number of aromatic nitrogens is 2. The highest BCUT2D eigenvalue weighted by atomic mass is 16.5. The van der Waals surface area contributed by atoms with Crippen LogP contribution < -0.4 is 10.2 Å². The van der Waals surface area contributed by atoms with Gasteiger partial charge in [-0.3, -0.25) is 0 Å². The van der Waals surface area contributed by atoms with Crippen LogP contribution in [-0.4, -0.2) is 42.3 Å². The molecule has 2 heterocycles. The molecule has 5 heteroatoms. The third kappa shape index (κ3) is 2.66. The number of nitrogens with zero attached hydrogens (tertiary/aromatic N) is 3. The SMILES string of the molecule is CCC1COC(C)CN1c1ccnc(NC)n1. The third-order valence-electron chi connectivity index (χ3n) is 3.10. The molecule has 1 aromatic rings. The maximum atomic E-state index is 5.69. The minimum atomic E-state index is 0.255. The van der Waals surface area contributed by atoms with Gasteiger partial charge in [-0.25, -0.2) is 4.98 Å². The topological polar surface area (TPSA) is 50.3 Å². The van der Waals surface area contributed by atoms with Crippen molar-refractivity contribution in [2.45, 2.75) is 32.4 Å². The highest BCUT2D eigenvalue weighted by molar-refractivity contribution is 5.44. The minimum Gasteiger partial charge on any atom is -0.375 e. The second kappa shape index (κ2) is 5.31. The quantitative estimate of drug-likeness (QED) is 0.862. The summed E-state index contributed by atoms with van der Waals surface area (Å²) in [6.45, 7) is 5.94. The highest BCUT2D eigenvalue weighted by Crippen LogP contribution is 2.21. The molecule has 1 fully saturated rings. The van der Waals surface area contributed by atoms with Crippen molar-refractivity contribution in [3.8, 4) is 0 Å². The smallest absolute Gasteiger partial charge is 0.224 e. The first-order valence-corrected chi connectivity index (χ1v) is 6.13. The van der Waals surface area contributed by atoms with Crippen LogP contribution in [0.3, 0.4) is 0 Å². The van der Waals surface area contributed by atoms with Gasteiger partial charge in [-0.1, -0.05) is 6.92 Å². The van der Waals surface area contributed by atoms with Gasteiger partial charge in [-0.05, 0) is 19.4 Å². The Balaban J connectivity index is 2.22. The molecule has 1 aliphatic rings. The monoisotopic (exact) mass is 236 g/mol. The first-order valence-electron chi connectivity index (χ1n) is 6.13. The molecule has 2 atom stereocenters. The largest absolute Gasteiger partial charge is 0.375 e. The molecule has 0 bridgehead atoms. The number of hydrogen-bond donors (Lipinski definition) is 1. The molecule has 0 radical (unpaired) electrons. The Hall–Kier alpha value is -1.36. The van der Waals surface area contributed by atoms with E-state index >= 15 is 0 Å². The molecule has 1 N–H and O–H groups in total. The number of hydrogen-bond acceptors (Lipinski definition) is 5. The molecule has 0 aromatic carbocycles. The molecule has 0 aliphatic carbocycles. The zero-order valence-electron chi connectivity index (χ0n) is 10.7. The van der Waals surface area contributed by atoms with E-state index in [2.05, 4.69) is 34.0 Å².